The number of fused-ring (bicyclic) bond motifs is 1. The molecule has 2 aromatic rings. The molecule has 4 rings (SSSR count). The summed E-state index contributed by atoms with van der Waals surface area (Å²) in [7, 11) is 0. The first-order valence-electron chi connectivity index (χ1n) is 9.66. The number of para-hydroxylation sites is 1. The second-order valence-electron chi connectivity index (χ2n) is 7.42. The van der Waals surface area contributed by atoms with Gasteiger partial charge in [0.25, 0.3) is 0 Å². The van der Waals surface area contributed by atoms with E-state index in [2.05, 4.69) is 5.32 Å². The molecule has 28 heavy (non-hydrogen) atoms. The van der Waals surface area contributed by atoms with Crippen molar-refractivity contribution in [3.8, 4) is 5.75 Å². The highest BCUT2D eigenvalue weighted by Crippen LogP contribution is 2.31. The fraction of sp³-hybridized carbons (Fsp3) is 0.364. The Bertz CT molecular complexity index is 863. The average Bonchev–Trinajstić information content (AvgIpc) is 2.73. The van der Waals surface area contributed by atoms with Crippen molar-refractivity contribution in [2.45, 2.75) is 19.3 Å². The van der Waals surface area contributed by atoms with Crippen molar-refractivity contribution in [3.05, 3.63) is 59.1 Å². The molecule has 1 fully saturated rings. The third kappa shape index (κ3) is 4.14. The first-order chi connectivity index (χ1) is 13.6. The molecule has 2 heterocycles. The van der Waals surface area contributed by atoms with E-state index in [9.17, 15) is 9.59 Å². The zero-order valence-electron chi connectivity index (χ0n) is 15.6. The Hall–Kier alpha value is -2.53. The molecule has 2 aliphatic heterocycles. The van der Waals surface area contributed by atoms with Crippen LogP contribution in [0, 0.1) is 11.8 Å². The molecule has 2 amide bonds. The van der Waals surface area contributed by atoms with Crippen molar-refractivity contribution in [1.82, 2.24) is 4.90 Å². The monoisotopic (exact) mass is 398 g/mol. The fourth-order valence-electron chi connectivity index (χ4n) is 3.91. The Morgan fingerprint density at radius 3 is 2.54 bits per heavy atom. The number of amides is 2. The van der Waals surface area contributed by atoms with E-state index in [1.165, 1.54) is 0 Å². The molecule has 146 valence electrons. The second-order valence-corrected chi connectivity index (χ2v) is 7.86. The van der Waals surface area contributed by atoms with Gasteiger partial charge < -0.3 is 15.0 Å². The van der Waals surface area contributed by atoms with Crippen LogP contribution < -0.4 is 10.1 Å². The van der Waals surface area contributed by atoms with E-state index in [0.717, 1.165) is 17.0 Å². The van der Waals surface area contributed by atoms with Gasteiger partial charge in [0.15, 0.2) is 0 Å². The smallest absolute Gasteiger partial charge is 0.229 e. The quantitative estimate of drug-likeness (QED) is 0.856. The summed E-state index contributed by atoms with van der Waals surface area (Å²) < 4.78 is 5.76. The van der Waals surface area contributed by atoms with Gasteiger partial charge in [0.1, 0.15) is 12.4 Å². The van der Waals surface area contributed by atoms with Crippen molar-refractivity contribution < 1.29 is 14.3 Å². The van der Waals surface area contributed by atoms with Crippen LogP contribution in [0.25, 0.3) is 0 Å². The lowest BCUT2D eigenvalue weighted by molar-refractivity contribution is -0.139. The normalized spacial score (nSPS) is 19.5. The molecule has 2 aliphatic rings. The van der Waals surface area contributed by atoms with Crippen LogP contribution >= 0.6 is 11.6 Å². The molecule has 2 aromatic carbocycles. The van der Waals surface area contributed by atoms with Crippen LogP contribution in [0.4, 0.5) is 5.69 Å². The summed E-state index contributed by atoms with van der Waals surface area (Å²) in [6.07, 6.45) is 2.00. The number of hydrogen-bond donors (Lipinski definition) is 1. The topological polar surface area (TPSA) is 58.6 Å². The van der Waals surface area contributed by atoms with E-state index in [0.29, 0.717) is 44.0 Å². The summed E-state index contributed by atoms with van der Waals surface area (Å²) in [5.41, 5.74) is 1.79. The number of hydrogen-bond acceptors (Lipinski definition) is 3. The van der Waals surface area contributed by atoms with Crippen molar-refractivity contribution in [2.75, 3.05) is 25.0 Å². The Labute approximate surface area is 169 Å². The maximum Gasteiger partial charge on any atom is 0.229 e. The number of halogens is 1. The van der Waals surface area contributed by atoms with Crippen LogP contribution in [0.15, 0.2) is 48.5 Å². The SMILES string of the molecule is O=C(Nc1ccccc1)C1CCN(C(=O)C2COc3ccc(Cl)cc3C2)CC1. The van der Waals surface area contributed by atoms with E-state index in [-0.39, 0.29) is 23.7 Å². The molecule has 0 spiro atoms. The number of anilines is 1. The highest BCUT2D eigenvalue weighted by Gasteiger charge is 2.33. The number of rotatable bonds is 3. The lowest BCUT2D eigenvalue weighted by atomic mass is 9.92. The maximum absolute atomic E-state index is 12.9. The van der Waals surface area contributed by atoms with Gasteiger partial charge in [0.05, 0.1) is 5.92 Å². The van der Waals surface area contributed by atoms with Crippen LogP contribution in [0.3, 0.4) is 0 Å². The zero-order valence-corrected chi connectivity index (χ0v) is 16.3. The van der Waals surface area contributed by atoms with Crippen molar-refractivity contribution in [2.24, 2.45) is 11.8 Å². The number of piperidine rings is 1. The number of ether oxygens (including phenoxy) is 1. The Morgan fingerprint density at radius 2 is 1.79 bits per heavy atom. The van der Waals surface area contributed by atoms with Crippen LogP contribution in [0.2, 0.25) is 5.02 Å². The summed E-state index contributed by atoms with van der Waals surface area (Å²) in [6, 6.07) is 15.0. The zero-order chi connectivity index (χ0) is 19.5. The third-order valence-electron chi connectivity index (χ3n) is 5.50. The maximum atomic E-state index is 12.9. The molecule has 1 unspecified atom stereocenters. The van der Waals surface area contributed by atoms with Gasteiger partial charge in [-0.05, 0) is 55.2 Å². The molecule has 0 aliphatic carbocycles. The molecule has 0 bridgehead atoms. The van der Waals surface area contributed by atoms with Gasteiger partial charge in [-0.15, -0.1) is 0 Å². The molecule has 1 N–H and O–H groups in total. The van der Waals surface area contributed by atoms with Gasteiger partial charge >= 0.3 is 0 Å². The summed E-state index contributed by atoms with van der Waals surface area (Å²) in [5.74, 6) is 0.687. The molecule has 5 nitrogen and oxygen atoms in total. The van der Waals surface area contributed by atoms with E-state index >= 15 is 0 Å². The van der Waals surface area contributed by atoms with Crippen LogP contribution in [0.1, 0.15) is 18.4 Å². The number of nitrogens with zero attached hydrogens (tertiary/aromatic N) is 1. The number of likely N-dealkylation sites (tertiary alicyclic amines) is 1. The van der Waals surface area contributed by atoms with Gasteiger partial charge in [0, 0.05) is 29.7 Å². The molecule has 6 heteroatoms. The summed E-state index contributed by atoms with van der Waals surface area (Å²) in [5, 5.41) is 3.61. The lowest BCUT2D eigenvalue weighted by Gasteiger charge is -2.35. The third-order valence-corrected chi connectivity index (χ3v) is 5.73. The largest absolute Gasteiger partial charge is 0.492 e. The van der Waals surface area contributed by atoms with E-state index in [1.54, 1.807) is 6.07 Å². The van der Waals surface area contributed by atoms with Crippen LogP contribution in [-0.2, 0) is 16.0 Å². The van der Waals surface area contributed by atoms with E-state index < -0.39 is 0 Å². The van der Waals surface area contributed by atoms with Gasteiger partial charge in [-0.3, -0.25) is 9.59 Å². The van der Waals surface area contributed by atoms with E-state index in [4.69, 9.17) is 16.3 Å². The van der Waals surface area contributed by atoms with Gasteiger partial charge in [0.2, 0.25) is 11.8 Å². The Balaban J connectivity index is 1.31. The second kappa shape index (κ2) is 8.23. The van der Waals surface area contributed by atoms with Crippen molar-refractivity contribution in [1.29, 1.82) is 0 Å². The highest BCUT2D eigenvalue weighted by atomic mass is 35.5. The lowest BCUT2D eigenvalue weighted by Crippen LogP contribution is -2.46. The number of carbonyl (C=O) groups excluding carboxylic acids is 2. The van der Waals surface area contributed by atoms with E-state index in [1.807, 2.05) is 47.4 Å². The molecular weight excluding hydrogens is 376 g/mol. The number of nitrogens with one attached hydrogen (secondary N) is 1. The van der Waals surface area contributed by atoms with Crippen LogP contribution in [0.5, 0.6) is 5.75 Å². The molecule has 1 saturated heterocycles. The fourth-order valence-corrected chi connectivity index (χ4v) is 4.10. The Kier molecular flexibility index (Phi) is 5.53. The van der Waals surface area contributed by atoms with Crippen LogP contribution in [-0.4, -0.2) is 36.4 Å². The van der Waals surface area contributed by atoms with Crippen molar-refractivity contribution >= 4 is 29.1 Å². The first-order valence-corrected chi connectivity index (χ1v) is 10.0. The number of benzene rings is 2. The van der Waals surface area contributed by atoms with Gasteiger partial charge in [-0.1, -0.05) is 29.8 Å². The molecular formula is C22H23ClN2O3. The minimum Gasteiger partial charge on any atom is -0.492 e. The number of carbonyl (C=O) groups is 2. The van der Waals surface area contributed by atoms with Gasteiger partial charge in [-0.25, -0.2) is 0 Å². The highest BCUT2D eigenvalue weighted by molar-refractivity contribution is 6.30. The molecule has 1 atom stereocenters. The Morgan fingerprint density at radius 1 is 1.04 bits per heavy atom. The van der Waals surface area contributed by atoms with Gasteiger partial charge in [-0.2, -0.15) is 0 Å². The predicted molar refractivity (Wildman–Crippen MR) is 109 cm³/mol. The molecule has 0 saturated carbocycles. The summed E-state index contributed by atoms with van der Waals surface area (Å²) in [4.78, 5) is 27.3. The predicted octanol–water partition coefficient (Wildman–Crippen LogP) is 3.77. The summed E-state index contributed by atoms with van der Waals surface area (Å²) in [6.45, 7) is 1.59. The molecule has 0 radical (unpaired) electrons. The average molecular weight is 399 g/mol. The first kappa shape index (κ1) is 18.8. The molecule has 0 aromatic heterocycles. The minimum atomic E-state index is -0.194. The minimum absolute atomic E-state index is 0.0304. The summed E-state index contributed by atoms with van der Waals surface area (Å²) >= 11 is 6.07. The van der Waals surface area contributed by atoms with Crippen molar-refractivity contribution in [3.63, 3.8) is 0 Å². The standard InChI is InChI=1S/C22H23ClN2O3/c23-18-6-7-20-16(13-18)12-17(14-28-20)22(27)25-10-8-15(9-11-25)21(26)24-19-4-2-1-3-5-19/h1-7,13,15,17H,8-12,14H2,(H,24,26).